The van der Waals surface area contributed by atoms with Crippen LogP contribution in [0.2, 0.25) is 0 Å². The fraction of sp³-hybridized carbons (Fsp3) is 0.182. The van der Waals surface area contributed by atoms with E-state index in [0.29, 0.717) is 0 Å². The van der Waals surface area contributed by atoms with Crippen molar-refractivity contribution in [1.82, 2.24) is 4.98 Å². The van der Waals surface area contributed by atoms with E-state index in [4.69, 9.17) is 0 Å². The first-order valence-electron chi connectivity index (χ1n) is 4.20. The van der Waals surface area contributed by atoms with E-state index in [0.717, 1.165) is 10.3 Å². The minimum atomic E-state index is 0.933. The van der Waals surface area contributed by atoms with Crippen molar-refractivity contribution in [2.75, 3.05) is 0 Å². The number of fused-ring (bicyclic) bond motifs is 1. The smallest absolute Gasteiger partial charge is 0.114 e. The number of halogens is 1. The molecule has 2 heteroatoms. The molecule has 0 fully saturated rings. The second-order valence-corrected chi connectivity index (χ2v) is 4.03. The first-order valence-corrected chi connectivity index (χ1v) is 4.99. The van der Waals surface area contributed by atoms with E-state index >= 15 is 0 Å². The molecule has 0 radical (unpaired) electrons. The first-order chi connectivity index (χ1) is 6.16. The molecule has 1 nitrogen and oxygen atoms in total. The third-order valence-electron chi connectivity index (χ3n) is 2.07. The number of nitrogens with zero attached hydrogens (tertiary/aromatic N) is 1. The van der Waals surface area contributed by atoms with Crippen LogP contribution in [-0.4, -0.2) is 4.98 Å². The lowest BCUT2D eigenvalue weighted by molar-refractivity contribution is 1.19. The molecule has 1 heterocycles. The largest absolute Gasteiger partial charge is 0.246 e. The molecule has 0 aliphatic carbocycles. The van der Waals surface area contributed by atoms with Gasteiger partial charge in [-0.05, 0) is 41.2 Å². The minimum Gasteiger partial charge on any atom is -0.246 e. The molecule has 1 aromatic heterocycles. The number of hydrogen-bond donors (Lipinski definition) is 0. The van der Waals surface area contributed by atoms with Crippen LogP contribution >= 0.6 is 15.9 Å². The molecule has 0 saturated carbocycles. The predicted octanol–water partition coefficient (Wildman–Crippen LogP) is 3.61. The molecule has 0 atom stereocenters. The van der Waals surface area contributed by atoms with E-state index in [-0.39, 0.29) is 0 Å². The Bertz CT molecular complexity index is 458. The molecular weight excluding hydrogens is 226 g/mol. The van der Waals surface area contributed by atoms with Crippen LogP contribution < -0.4 is 0 Å². The maximum Gasteiger partial charge on any atom is 0.114 e. The number of aromatic nitrogens is 1. The molecule has 2 aromatic rings. The Hall–Kier alpha value is -0.890. The zero-order chi connectivity index (χ0) is 9.42. The molecule has 0 aliphatic heterocycles. The highest BCUT2D eigenvalue weighted by molar-refractivity contribution is 9.10. The Morgan fingerprint density at radius 2 is 1.92 bits per heavy atom. The molecule has 1 aromatic carbocycles. The molecule has 13 heavy (non-hydrogen) atoms. The Morgan fingerprint density at radius 3 is 2.69 bits per heavy atom. The number of rotatable bonds is 0. The van der Waals surface area contributed by atoms with Crippen molar-refractivity contribution in [3.63, 3.8) is 0 Å². The molecule has 0 unspecified atom stereocenters. The second-order valence-electron chi connectivity index (χ2n) is 3.28. The van der Waals surface area contributed by atoms with E-state index in [2.05, 4.69) is 52.1 Å². The maximum atomic E-state index is 4.35. The third-order valence-corrected chi connectivity index (χ3v) is 2.67. The number of aryl methyl sites for hydroxylation is 2. The summed E-state index contributed by atoms with van der Waals surface area (Å²) in [4.78, 5) is 4.35. The minimum absolute atomic E-state index is 0.933. The third kappa shape index (κ3) is 1.59. The number of benzene rings is 1. The zero-order valence-corrected chi connectivity index (χ0v) is 9.22. The molecule has 0 amide bonds. The fourth-order valence-corrected chi connectivity index (χ4v) is 2.10. The lowest BCUT2D eigenvalue weighted by atomic mass is 10.1. The average Bonchev–Trinajstić information content (AvgIpc) is 2.02. The summed E-state index contributed by atoms with van der Waals surface area (Å²) in [7, 11) is 0. The predicted molar refractivity (Wildman–Crippen MR) is 58.9 cm³/mol. The first kappa shape index (κ1) is 8.70. The van der Waals surface area contributed by atoms with Crippen LogP contribution in [0.25, 0.3) is 10.8 Å². The topological polar surface area (TPSA) is 12.9 Å². The van der Waals surface area contributed by atoms with Crippen molar-refractivity contribution < 1.29 is 0 Å². The van der Waals surface area contributed by atoms with E-state index in [1.54, 1.807) is 0 Å². The van der Waals surface area contributed by atoms with Crippen molar-refractivity contribution in [2.24, 2.45) is 0 Å². The highest BCUT2D eigenvalue weighted by Gasteiger charge is 2.00. The summed E-state index contributed by atoms with van der Waals surface area (Å²) in [6, 6.07) is 8.48. The van der Waals surface area contributed by atoms with Crippen molar-refractivity contribution in [3.05, 3.63) is 40.1 Å². The van der Waals surface area contributed by atoms with Gasteiger partial charge in [0.15, 0.2) is 0 Å². The van der Waals surface area contributed by atoms with Gasteiger partial charge in [0, 0.05) is 11.1 Å². The average molecular weight is 236 g/mol. The SMILES string of the molecule is Cc1ccc2c(Br)nc(C)cc2c1. The van der Waals surface area contributed by atoms with Gasteiger partial charge in [-0.15, -0.1) is 0 Å². The van der Waals surface area contributed by atoms with Crippen LogP contribution in [0.15, 0.2) is 28.9 Å². The quantitative estimate of drug-likeness (QED) is 0.636. The lowest BCUT2D eigenvalue weighted by Gasteiger charge is -2.02. The van der Waals surface area contributed by atoms with Crippen LogP contribution in [0.3, 0.4) is 0 Å². The summed E-state index contributed by atoms with van der Waals surface area (Å²) < 4.78 is 0.933. The Balaban J connectivity index is 2.86. The van der Waals surface area contributed by atoms with E-state index < -0.39 is 0 Å². The Labute approximate surface area is 85.9 Å². The van der Waals surface area contributed by atoms with Gasteiger partial charge < -0.3 is 0 Å². The molecule has 66 valence electrons. The summed E-state index contributed by atoms with van der Waals surface area (Å²) in [5.41, 5.74) is 2.33. The maximum absolute atomic E-state index is 4.35. The zero-order valence-electron chi connectivity index (χ0n) is 7.63. The summed E-state index contributed by atoms with van der Waals surface area (Å²) in [5.74, 6) is 0. The van der Waals surface area contributed by atoms with Gasteiger partial charge in [-0.2, -0.15) is 0 Å². The van der Waals surface area contributed by atoms with Gasteiger partial charge in [-0.3, -0.25) is 0 Å². The fourth-order valence-electron chi connectivity index (χ4n) is 1.46. The van der Waals surface area contributed by atoms with Gasteiger partial charge in [-0.1, -0.05) is 23.8 Å². The molecular formula is C11H10BrN. The number of pyridine rings is 1. The Kier molecular flexibility index (Phi) is 2.08. The van der Waals surface area contributed by atoms with Crippen molar-refractivity contribution in [1.29, 1.82) is 0 Å². The molecule has 0 N–H and O–H groups in total. The van der Waals surface area contributed by atoms with Crippen LogP contribution in [0, 0.1) is 13.8 Å². The van der Waals surface area contributed by atoms with Gasteiger partial charge in [0.1, 0.15) is 4.60 Å². The van der Waals surface area contributed by atoms with E-state index in [1.807, 2.05) is 6.92 Å². The van der Waals surface area contributed by atoms with Gasteiger partial charge in [0.2, 0.25) is 0 Å². The van der Waals surface area contributed by atoms with E-state index in [1.165, 1.54) is 16.3 Å². The Morgan fingerprint density at radius 1 is 1.15 bits per heavy atom. The second kappa shape index (κ2) is 3.11. The van der Waals surface area contributed by atoms with Crippen molar-refractivity contribution >= 4 is 26.7 Å². The van der Waals surface area contributed by atoms with Gasteiger partial charge >= 0.3 is 0 Å². The lowest BCUT2D eigenvalue weighted by Crippen LogP contribution is -1.85. The molecule has 2 rings (SSSR count). The highest BCUT2D eigenvalue weighted by atomic mass is 79.9. The van der Waals surface area contributed by atoms with Gasteiger partial charge in [-0.25, -0.2) is 4.98 Å². The number of hydrogen-bond acceptors (Lipinski definition) is 1. The normalized spacial score (nSPS) is 10.7. The standard InChI is InChI=1S/C11H10BrN/c1-7-3-4-10-9(5-7)6-8(2)13-11(10)12/h3-6H,1-2H3. The summed E-state index contributed by atoms with van der Waals surface area (Å²) >= 11 is 3.46. The van der Waals surface area contributed by atoms with Crippen LogP contribution in [-0.2, 0) is 0 Å². The van der Waals surface area contributed by atoms with Crippen LogP contribution in [0.5, 0.6) is 0 Å². The van der Waals surface area contributed by atoms with Crippen LogP contribution in [0.1, 0.15) is 11.3 Å². The summed E-state index contributed by atoms with van der Waals surface area (Å²) in [6.45, 7) is 4.11. The van der Waals surface area contributed by atoms with Crippen LogP contribution in [0.4, 0.5) is 0 Å². The van der Waals surface area contributed by atoms with Gasteiger partial charge in [0.05, 0.1) is 0 Å². The monoisotopic (exact) mass is 235 g/mol. The van der Waals surface area contributed by atoms with Gasteiger partial charge in [0.25, 0.3) is 0 Å². The highest BCUT2D eigenvalue weighted by Crippen LogP contribution is 2.23. The molecule has 0 spiro atoms. The molecule has 0 saturated heterocycles. The van der Waals surface area contributed by atoms with E-state index in [9.17, 15) is 0 Å². The molecule has 0 bridgehead atoms. The molecule has 0 aliphatic rings. The van der Waals surface area contributed by atoms with Crippen molar-refractivity contribution in [3.8, 4) is 0 Å². The summed E-state index contributed by atoms with van der Waals surface area (Å²) in [6.07, 6.45) is 0. The van der Waals surface area contributed by atoms with Crippen molar-refractivity contribution in [2.45, 2.75) is 13.8 Å². The summed E-state index contributed by atoms with van der Waals surface area (Å²) in [5, 5.41) is 2.43.